The summed E-state index contributed by atoms with van der Waals surface area (Å²) in [5.74, 6) is 0.728. The normalized spacial score (nSPS) is 18.7. The van der Waals surface area contributed by atoms with E-state index in [0.29, 0.717) is 6.54 Å². The molecule has 4 heteroatoms. The Balaban J connectivity index is 1.83. The molecule has 1 aliphatic carbocycles. The molecule has 0 unspecified atom stereocenters. The monoisotopic (exact) mass is 195 g/mol. The Morgan fingerprint density at radius 3 is 2.38 bits per heavy atom. The smallest absolute Gasteiger partial charge is 0.316 e. The molecule has 0 spiro atoms. The highest BCUT2D eigenvalue weighted by Crippen LogP contribution is 2.25. The van der Waals surface area contributed by atoms with Crippen LogP contribution in [0.25, 0.3) is 0 Å². The van der Waals surface area contributed by atoms with Crippen LogP contribution < -0.4 is 5.32 Å². The maximum atomic E-state index is 11.7. The second-order valence-corrected chi connectivity index (χ2v) is 3.72. The van der Waals surface area contributed by atoms with E-state index in [2.05, 4.69) is 5.32 Å². The Kier molecular flexibility index (Phi) is 4.03. The summed E-state index contributed by atoms with van der Waals surface area (Å²) in [5.41, 5.74) is 0. The zero-order valence-corrected chi connectivity index (χ0v) is 7.66. The lowest BCUT2D eigenvalue weighted by Gasteiger charge is -2.25. The lowest BCUT2D eigenvalue weighted by Crippen LogP contribution is -2.28. The summed E-state index contributed by atoms with van der Waals surface area (Å²) < 4.78 is 35.1. The average molecular weight is 195 g/mol. The first kappa shape index (κ1) is 10.8. The molecule has 0 amide bonds. The second-order valence-electron chi connectivity index (χ2n) is 3.72. The van der Waals surface area contributed by atoms with E-state index >= 15 is 0 Å². The van der Waals surface area contributed by atoms with Crippen molar-refractivity contribution in [3.05, 3.63) is 0 Å². The van der Waals surface area contributed by atoms with Crippen molar-refractivity contribution in [2.45, 2.75) is 38.3 Å². The van der Waals surface area contributed by atoms with Crippen LogP contribution in [0, 0.1) is 5.92 Å². The van der Waals surface area contributed by atoms with E-state index in [1.165, 1.54) is 19.3 Å². The fraction of sp³-hybridized carbons (Fsp3) is 1.00. The Hall–Kier alpha value is -0.250. The molecule has 1 N–H and O–H groups in total. The molecule has 13 heavy (non-hydrogen) atoms. The van der Waals surface area contributed by atoms with Gasteiger partial charge in [-0.05, 0) is 38.3 Å². The molecule has 0 saturated heterocycles. The van der Waals surface area contributed by atoms with Gasteiger partial charge in [-0.25, -0.2) is 0 Å². The second kappa shape index (κ2) is 4.84. The van der Waals surface area contributed by atoms with Crippen LogP contribution in [0.5, 0.6) is 0 Å². The minimum absolute atomic E-state index is 0.205. The summed E-state index contributed by atoms with van der Waals surface area (Å²) in [6.45, 7) is 1.40. The zero-order valence-electron chi connectivity index (χ0n) is 7.66. The number of rotatable bonds is 5. The van der Waals surface area contributed by atoms with Gasteiger partial charge in [0.15, 0.2) is 0 Å². The van der Waals surface area contributed by atoms with E-state index in [4.69, 9.17) is 0 Å². The van der Waals surface area contributed by atoms with E-state index in [0.717, 1.165) is 12.5 Å². The van der Waals surface area contributed by atoms with Gasteiger partial charge in [-0.15, -0.1) is 0 Å². The number of nitrogens with one attached hydrogen (secondary N) is 1. The lowest BCUT2D eigenvalue weighted by atomic mass is 9.85. The van der Waals surface area contributed by atoms with Crippen molar-refractivity contribution in [1.82, 2.24) is 5.32 Å². The summed E-state index contributed by atoms with van der Waals surface area (Å²) in [4.78, 5) is 0. The first-order chi connectivity index (χ1) is 6.08. The molecule has 1 saturated carbocycles. The van der Waals surface area contributed by atoms with Gasteiger partial charge in [0.1, 0.15) is 0 Å². The molecule has 1 fully saturated rings. The van der Waals surface area contributed by atoms with E-state index in [1.54, 1.807) is 0 Å². The largest absolute Gasteiger partial charge is 0.389 e. The van der Waals surface area contributed by atoms with Gasteiger partial charge in [-0.3, -0.25) is 0 Å². The maximum Gasteiger partial charge on any atom is 0.389 e. The predicted octanol–water partition coefficient (Wildman–Crippen LogP) is 2.72. The molecule has 1 rings (SSSR count). The van der Waals surface area contributed by atoms with Crippen LogP contribution in [0.4, 0.5) is 13.2 Å². The van der Waals surface area contributed by atoms with Crippen molar-refractivity contribution in [3.8, 4) is 0 Å². The quantitative estimate of drug-likeness (QED) is 0.665. The first-order valence-corrected chi connectivity index (χ1v) is 4.85. The van der Waals surface area contributed by atoms with Gasteiger partial charge in [0.2, 0.25) is 0 Å². The molecule has 0 bridgehead atoms. The molecule has 1 nitrogen and oxygen atoms in total. The highest BCUT2D eigenvalue weighted by molar-refractivity contribution is 4.71. The third-order valence-corrected chi connectivity index (χ3v) is 2.47. The van der Waals surface area contributed by atoms with E-state index < -0.39 is 12.6 Å². The van der Waals surface area contributed by atoms with Gasteiger partial charge in [0, 0.05) is 6.42 Å². The van der Waals surface area contributed by atoms with Gasteiger partial charge in [0.25, 0.3) is 0 Å². The highest BCUT2D eigenvalue weighted by Gasteiger charge is 2.25. The number of hydrogen-bond acceptors (Lipinski definition) is 1. The molecule has 0 aromatic rings. The Morgan fingerprint density at radius 1 is 1.23 bits per heavy atom. The zero-order chi connectivity index (χ0) is 9.73. The van der Waals surface area contributed by atoms with Crippen LogP contribution in [0.2, 0.25) is 0 Å². The van der Waals surface area contributed by atoms with Gasteiger partial charge in [-0.1, -0.05) is 6.42 Å². The van der Waals surface area contributed by atoms with Crippen LogP contribution in [0.3, 0.4) is 0 Å². The van der Waals surface area contributed by atoms with Gasteiger partial charge >= 0.3 is 6.18 Å². The average Bonchev–Trinajstić information content (AvgIpc) is 1.90. The highest BCUT2D eigenvalue weighted by atomic mass is 19.4. The standard InChI is InChI=1S/C9H16F3N/c10-9(11,12)5-2-6-13-7-8-3-1-4-8/h8,13H,1-7H2. The first-order valence-electron chi connectivity index (χ1n) is 4.85. The van der Waals surface area contributed by atoms with Crippen molar-refractivity contribution in [2.24, 2.45) is 5.92 Å². The number of alkyl halides is 3. The summed E-state index contributed by atoms with van der Waals surface area (Å²) in [6, 6.07) is 0. The van der Waals surface area contributed by atoms with Crippen molar-refractivity contribution < 1.29 is 13.2 Å². The molecule has 0 aromatic carbocycles. The van der Waals surface area contributed by atoms with E-state index in [-0.39, 0.29) is 6.42 Å². The van der Waals surface area contributed by atoms with Crippen LogP contribution in [-0.2, 0) is 0 Å². The number of hydrogen-bond donors (Lipinski definition) is 1. The lowest BCUT2D eigenvalue weighted by molar-refractivity contribution is -0.135. The van der Waals surface area contributed by atoms with Crippen LogP contribution in [0.1, 0.15) is 32.1 Å². The molecule has 78 valence electrons. The maximum absolute atomic E-state index is 11.7. The summed E-state index contributed by atoms with van der Waals surface area (Å²) in [7, 11) is 0. The molecule has 0 aromatic heterocycles. The third-order valence-electron chi connectivity index (χ3n) is 2.47. The molecular formula is C9H16F3N. The molecule has 0 radical (unpaired) electrons. The van der Waals surface area contributed by atoms with Crippen LogP contribution >= 0.6 is 0 Å². The SMILES string of the molecule is FC(F)(F)CCCNCC1CCC1. The van der Waals surface area contributed by atoms with Gasteiger partial charge < -0.3 is 5.32 Å². The van der Waals surface area contributed by atoms with E-state index in [9.17, 15) is 13.2 Å². The topological polar surface area (TPSA) is 12.0 Å². The molecule has 0 atom stereocenters. The van der Waals surface area contributed by atoms with Crippen LogP contribution in [-0.4, -0.2) is 19.3 Å². The summed E-state index contributed by atoms with van der Waals surface area (Å²) in [5, 5.41) is 3.06. The molecule has 0 heterocycles. The number of halogens is 3. The Labute approximate surface area is 76.7 Å². The minimum Gasteiger partial charge on any atom is -0.316 e. The van der Waals surface area contributed by atoms with Crippen molar-refractivity contribution in [2.75, 3.05) is 13.1 Å². The third kappa shape index (κ3) is 5.13. The van der Waals surface area contributed by atoms with Crippen molar-refractivity contribution >= 4 is 0 Å². The molecule has 1 aliphatic rings. The van der Waals surface area contributed by atoms with Crippen molar-refractivity contribution in [3.63, 3.8) is 0 Å². The predicted molar refractivity (Wildman–Crippen MR) is 45.5 cm³/mol. The minimum atomic E-state index is -3.99. The molecular weight excluding hydrogens is 179 g/mol. The molecule has 0 aliphatic heterocycles. The fourth-order valence-corrected chi connectivity index (χ4v) is 1.42. The fourth-order valence-electron chi connectivity index (χ4n) is 1.42. The van der Waals surface area contributed by atoms with E-state index in [1.807, 2.05) is 0 Å². The Morgan fingerprint density at radius 2 is 1.92 bits per heavy atom. The summed E-state index contributed by atoms with van der Waals surface area (Å²) >= 11 is 0. The van der Waals surface area contributed by atoms with Crippen molar-refractivity contribution in [1.29, 1.82) is 0 Å². The van der Waals surface area contributed by atoms with Gasteiger partial charge in [-0.2, -0.15) is 13.2 Å². The Bertz CT molecular complexity index is 140. The van der Waals surface area contributed by atoms with Gasteiger partial charge in [0.05, 0.1) is 0 Å². The summed E-state index contributed by atoms with van der Waals surface area (Å²) in [6.07, 6.45) is -0.674. The van der Waals surface area contributed by atoms with Crippen LogP contribution in [0.15, 0.2) is 0 Å².